The number of hydrogen-bond donors (Lipinski definition) is 0. The normalized spacial score (nSPS) is 17.0. The van der Waals surface area contributed by atoms with Crippen LogP contribution in [0.5, 0.6) is 0 Å². The maximum absolute atomic E-state index is 2.51. The van der Waals surface area contributed by atoms with E-state index in [1.54, 1.807) is 0 Å². The van der Waals surface area contributed by atoms with Gasteiger partial charge in [-0.15, -0.1) is 0 Å². The van der Waals surface area contributed by atoms with E-state index in [0.29, 0.717) is 0 Å². The van der Waals surface area contributed by atoms with Crippen LogP contribution in [-0.2, 0) is 16.2 Å². The van der Waals surface area contributed by atoms with Gasteiger partial charge >= 0.3 is 0 Å². The van der Waals surface area contributed by atoms with Crippen LogP contribution in [0.3, 0.4) is 0 Å². The fraction of sp³-hybridized carbons (Fsp3) is 0.196. The smallest absolute Gasteiger partial charge is 0.209 e. The summed E-state index contributed by atoms with van der Waals surface area (Å²) in [5.74, 6) is 0. The minimum Gasteiger partial charge on any atom is -0.305 e. The summed E-state index contributed by atoms with van der Waals surface area (Å²) >= 11 is 0. The zero-order chi connectivity index (χ0) is 37.0. The number of nitrogens with zero attached hydrogens (tertiary/aromatic N) is 3. The van der Waals surface area contributed by atoms with Gasteiger partial charge in [0.1, 0.15) is 11.4 Å². The number of anilines is 6. The van der Waals surface area contributed by atoms with Crippen LogP contribution in [0.4, 0.5) is 34.1 Å². The first-order valence-electron chi connectivity index (χ1n) is 19.3. The number of para-hydroxylation sites is 4. The molecule has 0 atom stereocenters. The number of hydrogen-bond acceptors (Lipinski definition) is 2. The summed E-state index contributed by atoms with van der Waals surface area (Å²) in [5, 5.41) is 0. The average molecular weight is 701 g/mol. The monoisotopic (exact) mass is 700 g/mol. The Morgan fingerprint density at radius 2 is 0.648 bits per heavy atom. The molecule has 1 aliphatic carbocycles. The summed E-state index contributed by atoms with van der Waals surface area (Å²) in [7, 11) is 0. The third kappa shape index (κ3) is 4.51. The van der Waals surface area contributed by atoms with Crippen LogP contribution in [0.2, 0.25) is 0 Å². The molecule has 2 aliphatic heterocycles. The molecule has 10 rings (SSSR count). The van der Waals surface area contributed by atoms with Gasteiger partial charge in [-0.3, -0.25) is 0 Å². The van der Waals surface area contributed by atoms with E-state index in [1.165, 1.54) is 67.3 Å². The van der Waals surface area contributed by atoms with Gasteiger partial charge in [-0.1, -0.05) is 163 Å². The lowest BCUT2D eigenvalue weighted by Crippen LogP contribution is -2.46. The van der Waals surface area contributed by atoms with E-state index >= 15 is 0 Å². The number of fused-ring (bicyclic) bond motifs is 6. The fourth-order valence-electron chi connectivity index (χ4n) is 10.1. The van der Waals surface area contributed by atoms with Crippen molar-refractivity contribution in [2.75, 3.05) is 9.80 Å². The first kappa shape index (κ1) is 32.7. The van der Waals surface area contributed by atoms with Crippen molar-refractivity contribution in [2.45, 2.75) is 63.8 Å². The van der Waals surface area contributed by atoms with Gasteiger partial charge in [0.05, 0.1) is 22.7 Å². The van der Waals surface area contributed by atoms with E-state index in [9.17, 15) is 0 Å². The quantitative estimate of drug-likeness (QED) is 0.170. The molecule has 3 heterocycles. The van der Waals surface area contributed by atoms with Crippen LogP contribution >= 0.6 is 0 Å². The molecule has 0 radical (unpaired) electrons. The highest BCUT2D eigenvalue weighted by atomic mass is 15.2. The van der Waals surface area contributed by atoms with Gasteiger partial charge in [0, 0.05) is 27.4 Å². The highest BCUT2D eigenvalue weighted by Gasteiger charge is 2.44. The maximum Gasteiger partial charge on any atom is 0.209 e. The molecular weight excluding hydrogens is 655 g/mol. The second-order valence-electron chi connectivity index (χ2n) is 16.9. The summed E-state index contributed by atoms with van der Waals surface area (Å²) in [6.45, 7) is 14.2. The molecule has 7 aromatic rings. The molecule has 0 N–H and O–H groups in total. The molecule has 0 amide bonds. The zero-order valence-corrected chi connectivity index (χ0v) is 32.0. The molecular formula is C51H46N3+. The topological polar surface area (TPSA) is 10.4 Å². The van der Waals surface area contributed by atoms with Crippen molar-refractivity contribution in [1.82, 2.24) is 0 Å². The Labute approximate surface area is 319 Å². The van der Waals surface area contributed by atoms with E-state index in [1.807, 2.05) is 0 Å². The molecule has 0 bridgehead atoms. The third-order valence-corrected chi connectivity index (χ3v) is 12.8. The SMILES string of the molecule is CC1(C)c2ccccc2C([n+]2cc(N3c4ccccc4C(C)(C)c4ccccc43)cc(N3c4ccccc4C(C)(C)c4ccccc43)c2)c2ccccc21. The van der Waals surface area contributed by atoms with Crippen molar-refractivity contribution in [2.24, 2.45) is 0 Å². The second kappa shape index (κ2) is 11.5. The Morgan fingerprint density at radius 3 is 1.00 bits per heavy atom. The molecule has 0 saturated heterocycles. The molecule has 3 aliphatic rings. The molecule has 1 aromatic heterocycles. The first-order chi connectivity index (χ1) is 26.1. The minimum absolute atomic E-state index is 0.0254. The molecule has 6 aromatic carbocycles. The molecule has 0 spiro atoms. The van der Waals surface area contributed by atoms with Gasteiger partial charge in [-0.2, -0.15) is 4.57 Å². The number of pyridine rings is 1. The van der Waals surface area contributed by atoms with Gasteiger partial charge in [0.25, 0.3) is 0 Å². The zero-order valence-electron chi connectivity index (χ0n) is 32.0. The molecule has 0 saturated carbocycles. The number of rotatable bonds is 3. The van der Waals surface area contributed by atoms with Crippen molar-refractivity contribution in [3.05, 3.63) is 209 Å². The van der Waals surface area contributed by atoms with E-state index in [-0.39, 0.29) is 22.3 Å². The Kier molecular flexibility index (Phi) is 6.98. The summed E-state index contributed by atoms with van der Waals surface area (Å²) in [6.07, 6.45) is 4.80. The minimum atomic E-state index is -0.152. The fourth-order valence-corrected chi connectivity index (χ4v) is 10.1. The maximum atomic E-state index is 2.51. The summed E-state index contributed by atoms with van der Waals surface area (Å²) in [6, 6.07) is 56.5. The van der Waals surface area contributed by atoms with Crippen molar-refractivity contribution >= 4 is 34.1 Å². The lowest BCUT2D eigenvalue weighted by atomic mass is 9.67. The third-order valence-electron chi connectivity index (χ3n) is 12.8. The highest BCUT2D eigenvalue weighted by Crippen LogP contribution is 2.55. The van der Waals surface area contributed by atoms with Crippen LogP contribution < -0.4 is 14.4 Å². The van der Waals surface area contributed by atoms with E-state index in [2.05, 4.69) is 220 Å². The first-order valence-corrected chi connectivity index (χ1v) is 19.3. The van der Waals surface area contributed by atoms with Crippen LogP contribution in [-0.4, -0.2) is 0 Å². The van der Waals surface area contributed by atoms with E-state index in [4.69, 9.17) is 0 Å². The van der Waals surface area contributed by atoms with Crippen molar-refractivity contribution in [3.63, 3.8) is 0 Å². The lowest BCUT2D eigenvalue weighted by molar-refractivity contribution is -0.704. The number of benzene rings is 6. The summed E-state index contributed by atoms with van der Waals surface area (Å²) < 4.78 is 2.51. The van der Waals surface area contributed by atoms with Crippen LogP contribution in [0, 0.1) is 0 Å². The Morgan fingerprint density at radius 1 is 0.370 bits per heavy atom. The largest absolute Gasteiger partial charge is 0.305 e. The standard InChI is InChI=1S/C51H46N3/c1-49(2)38-21-9-7-19-36(38)48(37-20-8-10-22-39(37)49)52-32-34(53-44-27-15-11-23-40(44)50(3,4)41-24-12-16-28-45(41)53)31-35(33-52)54-46-29-17-13-25-42(46)51(5,6)43-26-14-18-30-47(43)54/h7-33,48H,1-6H3/q+1. The van der Waals surface area contributed by atoms with Crippen molar-refractivity contribution < 1.29 is 4.57 Å². The van der Waals surface area contributed by atoms with E-state index in [0.717, 1.165) is 11.4 Å². The second-order valence-corrected chi connectivity index (χ2v) is 16.9. The molecule has 3 nitrogen and oxygen atoms in total. The molecule has 54 heavy (non-hydrogen) atoms. The Hall–Kier alpha value is -5.93. The van der Waals surface area contributed by atoms with Gasteiger partial charge in [-0.05, 0) is 63.7 Å². The predicted molar refractivity (Wildman–Crippen MR) is 223 cm³/mol. The molecule has 3 heteroatoms. The predicted octanol–water partition coefficient (Wildman–Crippen LogP) is 12.5. The summed E-state index contributed by atoms with van der Waals surface area (Å²) in [4.78, 5) is 5.01. The van der Waals surface area contributed by atoms with Gasteiger partial charge in [-0.25, -0.2) is 0 Å². The average Bonchev–Trinajstić information content (AvgIpc) is 3.18. The van der Waals surface area contributed by atoms with Gasteiger partial charge < -0.3 is 9.80 Å². The van der Waals surface area contributed by atoms with Crippen molar-refractivity contribution in [3.8, 4) is 0 Å². The summed E-state index contributed by atoms with van der Waals surface area (Å²) in [5.41, 5.74) is 17.4. The number of aromatic nitrogens is 1. The van der Waals surface area contributed by atoms with Crippen LogP contribution in [0.25, 0.3) is 0 Å². The van der Waals surface area contributed by atoms with Gasteiger partial charge in [0.2, 0.25) is 6.04 Å². The molecule has 264 valence electrons. The van der Waals surface area contributed by atoms with Crippen LogP contribution in [0.1, 0.15) is 92.1 Å². The van der Waals surface area contributed by atoms with E-state index < -0.39 is 0 Å². The van der Waals surface area contributed by atoms with Crippen molar-refractivity contribution in [1.29, 1.82) is 0 Å². The van der Waals surface area contributed by atoms with Crippen LogP contribution in [0.15, 0.2) is 164 Å². The Balaban J connectivity index is 1.30. The molecule has 0 unspecified atom stereocenters. The lowest BCUT2D eigenvalue weighted by Gasteiger charge is -2.43. The highest BCUT2D eigenvalue weighted by molar-refractivity contribution is 5.89. The Bertz CT molecular complexity index is 2180. The van der Waals surface area contributed by atoms with Gasteiger partial charge in [0.15, 0.2) is 12.4 Å². The molecule has 0 fully saturated rings.